The zero-order valence-electron chi connectivity index (χ0n) is 12.7. The van der Waals surface area contributed by atoms with Crippen LogP contribution < -0.4 is 0 Å². The number of rotatable bonds is 2. The van der Waals surface area contributed by atoms with Crippen molar-refractivity contribution in [3.05, 3.63) is 51.5 Å². The third-order valence-corrected chi connectivity index (χ3v) is 5.20. The Hall–Kier alpha value is -1.68. The molecule has 0 bridgehead atoms. The van der Waals surface area contributed by atoms with Gasteiger partial charge in [-0.2, -0.15) is 0 Å². The summed E-state index contributed by atoms with van der Waals surface area (Å²) in [5, 5.41) is 0.945. The molecule has 2 atom stereocenters. The number of likely N-dealkylation sites (tertiary alicyclic amines) is 1. The maximum absolute atomic E-state index is 12.6. The van der Waals surface area contributed by atoms with Crippen LogP contribution in [0.3, 0.4) is 0 Å². The van der Waals surface area contributed by atoms with Gasteiger partial charge in [0.05, 0.1) is 11.2 Å². The van der Waals surface area contributed by atoms with Crippen LogP contribution >= 0.6 is 11.3 Å². The monoisotopic (exact) mass is 300 g/mol. The van der Waals surface area contributed by atoms with E-state index < -0.39 is 0 Å². The number of hydrogen-bond donors (Lipinski definition) is 0. The van der Waals surface area contributed by atoms with Crippen LogP contribution in [0.15, 0.2) is 30.5 Å². The van der Waals surface area contributed by atoms with Gasteiger partial charge in [0.25, 0.3) is 5.91 Å². The molecule has 0 radical (unpaired) electrons. The van der Waals surface area contributed by atoms with Gasteiger partial charge in [-0.3, -0.25) is 4.79 Å². The van der Waals surface area contributed by atoms with Crippen LogP contribution in [-0.2, 0) is 0 Å². The minimum atomic E-state index is 0.129. The second-order valence-corrected chi connectivity index (χ2v) is 7.07. The molecule has 3 rings (SSSR count). The quantitative estimate of drug-likeness (QED) is 0.845. The van der Waals surface area contributed by atoms with Crippen molar-refractivity contribution in [1.29, 1.82) is 0 Å². The molecule has 1 aliphatic rings. The number of aryl methyl sites for hydroxylation is 2. The number of amides is 1. The van der Waals surface area contributed by atoms with Gasteiger partial charge in [0.1, 0.15) is 4.88 Å². The van der Waals surface area contributed by atoms with E-state index in [0.717, 1.165) is 22.9 Å². The summed E-state index contributed by atoms with van der Waals surface area (Å²) >= 11 is 1.48. The van der Waals surface area contributed by atoms with Gasteiger partial charge < -0.3 is 4.90 Å². The predicted molar refractivity (Wildman–Crippen MR) is 85.9 cm³/mol. The van der Waals surface area contributed by atoms with Crippen LogP contribution in [-0.4, -0.2) is 28.4 Å². The van der Waals surface area contributed by atoms with Gasteiger partial charge in [0.15, 0.2) is 0 Å². The third kappa shape index (κ3) is 2.72. The molecule has 3 nitrogen and oxygen atoms in total. The van der Waals surface area contributed by atoms with Gasteiger partial charge >= 0.3 is 0 Å². The van der Waals surface area contributed by atoms with Gasteiger partial charge in [-0.15, -0.1) is 11.3 Å². The van der Waals surface area contributed by atoms with Crippen molar-refractivity contribution < 1.29 is 4.79 Å². The molecular formula is C17H20N2OS. The van der Waals surface area contributed by atoms with E-state index in [0.29, 0.717) is 5.92 Å². The first-order chi connectivity index (χ1) is 10.1. The Morgan fingerprint density at radius 3 is 2.76 bits per heavy atom. The minimum absolute atomic E-state index is 0.129. The molecule has 0 N–H and O–H groups in total. The molecule has 2 heterocycles. The van der Waals surface area contributed by atoms with Crippen molar-refractivity contribution in [3.63, 3.8) is 0 Å². The first-order valence-corrected chi connectivity index (χ1v) is 8.17. The average Bonchev–Trinajstić information content (AvgIpc) is 3.05. The molecule has 4 heteroatoms. The summed E-state index contributed by atoms with van der Waals surface area (Å²) in [7, 11) is 0. The van der Waals surface area contributed by atoms with E-state index in [4.69, 9.17) is 0 Å². The number of carbonyl (C=O) groups excluding carboxylic acids is 1. The van der Waals surface area contributed by atoms with Crippen LogP contribution in [0.5, 0.6) is 0 Å². The van der Waals surface area contributed by atoms with E-state index >= 15 is 0 Å². The molecule has 1 fully saturated rings. The fourth-order valence-electron chi connectivity index (χ4n) is 3.19. The Balaban J connectivity index is 1.80. The summed E-state index contributed by atoms with van der Waals surface area (Å²) in [6, 6.07) is 8.78. The van der Waals surface area contributed by atoms with Crippen molar-refractivity contribution in [2.24, 2.45) is 0 Å². The summed E-state index contributed by atoms with van der Waals surface area (Å²) in [6.07, 6.45) is 2.74. The molecule has 0 saturated carbocycles. The van der Waals surface area contributed by atoms with Crippen molar-refractivity contribution in [3.8, 4) is 0 Å². The zero-order chi connectivity index (χ0) is 15.0. The molecule has 1 amide bonds. The molecule has 2 unspecified atom stereocenters. The molecule has 21 heavy (non-hydrogen) atoms. The highest BCUT2D eigenvalue weighted by Gasteiger charge is 2.34. The Morgan fingerprint density at radius 2 is 2.10 bits per heavy atom. The van der Waals surface area contributed by atoms with E-state index in [1.807, 2.05) is 11.8 Å². The predicted octanol–water partition coefficient (Wildman–Crippen LogP) is 3.78. The molecule has 1 aromatic carbocycles. The zero-order valence-corrected chi connectivity index (χ0v) is 13.5. The maximum atomic E-state index is 12.6. The van der Waals surface area contributed by atoms with Crippen molar-refractivity contribution >= 4 is 17.2 Å². The van der Waals surface area contributed by atoms with E-state index in [1.54, 1.807) is 6.20 Å². The normalized spacial score (nSPS) is 21.8. The molecule has 0 spiro atoms. The lowest BCUT2D eigenvalue weighted by atomic mass is 9.93. The Labute approximate surface area is 129 Å². The molecule has 110 valence electrons. The van der Waals surface area contributed by atoms with Crippen molar-refractivity contribution in [1.82, 2.24) is 9.88 Å². The molecule has 2 aromatic rings. The highest BCUT2D eigenvalue weighted by atomic mass is 32.1. The lowest BCUT2D eigenvalue weighted by Gasteiger charge is -2.20. The fraction of sp³-hybridized carbons (Fsp3) is 0.412. The Kier molecular flexibility index (Phi) is 3.81. The lowest BCUT2D eigenvalue weighted by Crippen LogP contribution is -2.33. The number of benzene rings is 1. The second kappa shape index (κ2) is 5.60. The number of aromatic nitrogens is 1. The number of thiazole rings is 1. The molecule has 1 saturated heterocycles. The lowest BCUT2D eigenvalue weighted by molar-refractivity contribution is 0.0750. The minimum Gasteiger partial charge on any atom is -0.335 e. The van der Waals surface area contributed by atoms with Gasteiger partial charge in [0.2, 0.25) is 0 Å². The third-order valence-electron chi connectivity index (χ3n) is 4.30. The molecule has 0 aliphatic carbocycles. The molecule has 1 aliphatic heterocycles. The van der Waals surface area contributed by atoms with E-state index in [1.165, 1.54) is 22.5 Å². The standard InChI is InChI=1S/C17H20N2OS/c1-11-6-4-5-7-15(11)14-8-12(2)19(10-14)17(20)16-9-18-13(3)21-16/h4-7,9,12,14H,8,10H2,1-3H3. The van der Waals surface area contributed by atoms with Crippen LogP contribution in [0.2, 0.25) is 0 Å². The summed E-state index contributed by atoms with van der Waals surface area (Å²) in [6.45, 7) is 7.04. The summed E-state index contributed by atoms with van der Waals surface area (Å²) in [5.41, 5.74) is 2.69. The second-order valence-electron chi connectivity index (χ2n) is 5.84. The van der Waals surface area contributed by atoms with Crippen molar-refractivity contribution in [2.45, 2.75) is 39.2 Å². The number of carbonyl (C=O) groups is 1. The van der Waals surface area contributed by atoms with E-state index in [-0.39, 0.29) is 11.9 Å². The molecular weight excluding hydrogens is 280 g/mol. The smallest absolute Gasteiger partial charge is 0.265 e. The highest BCUT2D eigenvalue weighted by Crippen LogP contribution is 2.34. The average molecular weight is 300 g/mol. The highest BCUT2D eigenvalue weighted by molar-refractivity contribution is 7.13. The summed E-state index contributed by atoms with van der Waals surface area (Å²) < 4.78 is 0. The Bertz CT molecular complexity index is 664. The van der Waals surface area contributed by atoms with Crippen LogP contribution in [0, 0.1) is 13.8 Å². The SMILES string of the molecule is Cc1ncc(C(=O)N2CC(c3ccccc3C)CC2C)s1. The maximum Gasteiger partial charge on any atom is 0.265 e. The van der Waals surface area contributed by atoms with E-state index in [2.05, 4.69) is 43.1 Å². The Morgan fingerprint density at radius 1 is 1.33 bits per heavy atom. The first-order valence-electron chi connectivity index (χ1n) is 7.35. The van der Waals surface area contributed by atoms with Gasteiger partial charge in [0, 0.05) is 18.5 Å². The van der Waals surface area contributed by atoms with Gasteiger partial charge in [-0.05, 0) is 38.3 Å². The molecule has 1 aromatic heterocycles. The first kappa shape index (κ1) is 14.3. The van der Waals surface area contributed by atoms with Crippen molar-refractivity contribution in [2.75, 3.05) is 6.54 Å². The summed E-state index contributed by atoms with van der Waals surface area (Å²) in [4.78, 5) is 19.6. The van der Waals surface area contributed by atoms with Gasteiger partial charge in [-0.25, -0.2) is 4.98 Å². The van der Waals surface area contributed by atoms with Crippen LogP contribution in [0.4, 0.5) is 0 Å². The number of hydrogen-bond acceptors (Lipinski definition) is 3. The van der Waals surface area contributed by atoms with Crippen LogP contribution in [0.25, 0.3) is 0 Å². The van der Waals surface area contributed by atoms with Gasteiger partial charge in [-0.1, -0.05) is 24.3 Å². The topological polar surface area (TPSA) is 33.2 Å². The largest absolute Gasteiger partial charge is 0.335 e. The van der Waals surface area contributed by atoms with E-state index in [9.17, 15) is 4.79 Å². The summed E-state index contributed by atoms with van der Waals surface area (Å²) in [5.74, 6) is 0.573. The van der Waals surface area contributed by atoms with Crippen LogP contribution in [0.1, 0.15) is 45.1 Å². The fourth-order valence-corrected chi connectivity index (χ4v) is 3.92. The number of nitrogens with zero attached hydrogens (tertiary/aromatic N) is 2.